The van der Waals surface area contributed by atoms with Crippen LogP contribution in [0.15, 0.2) is 16.6 Å². The molecule has 0 saturated carbocycles. The van der Waals surface area contributed by atoms with E-state index in [2.05, 4.69) is 41.1 Å². The third-order valence-corrected chi connectivity index (χ3v) is 3.27. The van der Waals surface area contributed by atoms with Gasteiger partial charge < -0.3 is 0 Å². The van der Waals surface area contributed by atoms with Gasteiger partial charge in [-0.15, -0.1) is 0 Å². The van der Waals surface area contributed by atoms with Gasteiger partial charge in [-0.05, 0) is 36.6 Å². The molecule has 0 N–H and O–H groups in total. The van der Waals surface area contributed by atoms with Crippen LogP contribution in [0.25, 0.3) is 11.1 Å². The average molecular weight is 258 g/mol. The Morgan fingerprint density at radius 3 is 2.92 bits per heavy atom. The Morgan fingerprint density at radius 1 is 1.38 bits per heavy atom. The Kier molecular flexibility index (Phi) is 2.48. The van der Waals surface area contributed by atoms with Crippen molar-refractivity contribution in [2.45, 2.75) is 19.8 Å². The van der Waals surface area contributed by atoms with E-state index in [1.54, 1.807) is 0 Å². The number of halogens is 2. The number of hydrogen-bond donors (Lipinski definition) is 0. The summed E-state index contributed by atoms with van der Waals surface area (Å²) in [6.45, 7) is 2.10. The number of hydrogen-bond acceptors (Lipinski definition) is 0. The van der Waals surface area contributed by atoms with Gasteiger partial charge in [0.1, 0.15) is 0 Å². The minimum absolute atomic E-state index is 0.968. The van der Waals surface area contributed by atoms with E-state index in [4.69, 9.17) is 11.6 Å². The van der Waals surface area contributed by atoms with Crippen LogP contribution >= 0.6 is 27.5 Å². The fourth-order valence-corrected chi connectivity index (χ4v) is 2.96. The maximum Gasteiger partial charge on any atom is 0.0273 e. The molecule has 0 atom stereocenters. The zero-order valence-corrected chi connectivity index (χ0v) is 9.74. The Hall–Kier alpha value is -0.270. The highest BCUT2D eigenvalue weighted by atomic mass is 79.9. The van der Waals surface area contributed by atoms with E-state index in [1.807, 2.05) is 0 Å². The van der Waals surface area contributed by atoms with Gasteiger partial charge in [0.05, 0.1) is 0 Å². The van der Waals surface area contributed by atoms with E-state index in [0.717, 1.165) is 22.3 Å². The Morgan fingerprint density at radius 2 is 2.15 bits per heavy atom. The summed E-state index contributed by atoms with van der Waals surface area (Å²) in [5.74, 6) is 0. The SMILES string of the molecule is Cc1cc(Br)c2c(c1)=CCCC=2Cl. The van der Waals surface area contributed by atoms with Crippen molar-refractivity contribution in [3.05, 3.63) is 32.6 Å². The minimum atomic E-state index is 0.968. The standard InChI is InChI=1S/C11H10BrCl/c1-7-5-8-3-2-4-10(13)11(8)9(12)6-7/h3,5-6H,2,4H2,1H3. The first-order valence-corrected chi connectivity index (χ1v) is 5.50. The molecule has 0 saturated heterocycles. The van der Waals surface area contributed by atoms with E-state index >= 15 is 0 Å². The van der Waals surface area contributed by atoms with Gasteiger partial charge in [-0.3, -0.25) is 0 Å². The van der Waals surface area contributed by atoms with Crippen molar-refractivity contribution in [3.8, 4) is 0 Å². The fourth-order valence-electron chi connectivity index (χ4n) is 1.70. The van der Waals surface area contributed by atoms with Crippen molar-refractivity contribution >= 4 is 38.6 Å². The highest BCUT2D eigenvalue weighted by molar-refractivity contribution is 9.10. The van der Waals surface area contributed by atoms with Gasteiger partial charge >= 0.3 is 0 Å². The lowest BCUT2D eigenvalue weighted by molar-refractivity contribution is 1.10. The number of fused-ring (bicyclic) bond motifs is 1. The molecule has 0 radical (unpaired) electrons. The molecule has 2 rings (SSSR count). The van der Waals surface area contributed by atoms with Crippen LogP contribution in [0.1, 0.15) is 18.4 Å². The third-order valence-electron chi connectivity index (χ3n) is 2.26. The van der Waals surface area contributed by atoms with Gasteiger partial charge in [-0.1, -0.05) is 39.7 Å². The highest BCUT2D eigenvalue weighted by Crippen LogP contribution is 2.15. The lowest BCUT2D eigenvalue weighted by Gasteiger charge is -2.07. The summed E-state index contributed by atoms with van der Waals surface area (Å²) in [4.78, 5) is 0. The van der Waals surface area contributed by atoms with E-state index in [1.165, 1.54) is 16.0 Å². The van der Waals surface area contributed by atoms with Gasteiger partial charge in [0.2, 0.25) is 0 Å². The predicted molar refractivity (Wildman–Crippen MR) is 61.1 cm³/mol. The van der Waals surface area contributed by atoms with Crippen LogP contribution in [0.3, 0.4) is 0 Å². The maximum atomic E-state index is 6.17. The van der Waals surface area contributed by atoms with Crippen molar-refractivity contribution in [1.82, 2.24) is 0 Å². The second-order valence-electron chi connectivity index (χ2n) is 3.36. The van der Waals surface area contributed by atoms with Crippen LogP contribution < -0.4 is 10.4 Å². The monoisotopic (exact) mass is 256 g/mol. The zero-order valence-electron chi connectivity index (χ0n) is 7.40. The molecule has 0 spiro atoms. The largest absolute Gasteiger partial charge is 0.0884 e. The molecule has 0 nitrogen and oxygen atoms in total. The smallest absolute Gasteiger partial charge is 0.0273 e. The molecule has 1 aliphatic rings. The molecule has 0 aliphatic heterocycles. The molecular formula is C11H10BrCl. The highest BCUT2D eigenvalue weighted by Gasteiger charge is 2.05. The van der Waals surface area contributed by atoms with Crippen LogP contribution in [0.2, 0.25) is 0 Å². The van der Waals surface area contributed by atoms with E-state index in [0.29, 0.717) is 0 Å². The Balaban J connectivity index is 2.94. The quantitative estimate of drug-likeness (QED) is 0.670. The topological polar surface area (TPSA) is 0 Å². The van der Waals surface area contributed by atoms with Crippen LogP contribution in [0.4, 0.5) is 0 Å². The molecule has 0 heterocycles. The van der Waals surface area contributed by atoms with Crippen molar-refractivity contribution in [1.29, 1.82) is 0 Å². The maximum absolute atomic E-state index is 6.17. The predicted octanol–water partition coefficient (Wildman–Crippen LogP) is 2.68. The summed E-state index contributed by atoms with van der Waals surface area (Å²) in [7, 11) is 0. The fraction of sp³-hybridized carbons (Fsp3) is 0.273. The van der Waals surface area contributed by atoms with Gasteiger partial charge in [-0.25, -0.2) is 0 Å². The molecule has 0 aromatic heterocycles. The van der Waals surface area contributed by atoms with Crippen molar-refractivity contribution < 1.29 is 0 Å². The number of benzene rings is 1. The first-order chi connectivity index (χ1) is 6.18. The van der Waals surface area contributed by atoms with E-state index in [9.17, 15) is 0 Å². The summed E-state index contributed by atoms with van der Waals surface area (Å²) in [5, 5.41) is 3.42. The molecule has 2 heteroatoms. The third kappa shape index (κ3) is 1.68. The molecule has 68 valence electrons. The average Bonchev–Trinajstić information content (AvgIpc) is 2.02. The lowest BCUT2D eigenvalue weighted by Crippen LogP contribution is -2.29. The molecular weight excluding hydrogens is 247 g/mol. The van der Waals surface area contributed by atoms with Crippen LogP contribution in [0, 0.1) is 6.92 Å². The van der Waals surface area contributed by atoms with Crippen molar-refractivity contribution in [2.75, 3.05) is 0 Å². The summed E-state index contributed by atoms with van der Waals surface area (Å²) in [5.41, 5.74) is 1.27. The van der Waals surface area contributed by atoms with Gasteiger partial charge in [0.15, 0.2) is 0 Å². The first kappa shape index (κ1) is 9.29. The van der Waals surface area contributed by atoms with Crippen LogP contribution in [-0.4, -0.2) is 0 Å². The molecule has 0 fully saturated rings. The van der Waals surface area contributed by atoms with Gasteiger partial charge in [0.25, 0.3) is 0 Å². The van der Waals surface area contributed by atoms with Gasteiger partial charge in [0, 0.05) is 14.7 Å². The lowest BCUT2D eigenvalue weighted by atomic mass is 10.1. The number of rotatable bonds is 0. The molecule has 0 amide bonds. The Bertz CT molecular complexity index is 460. The summed E-state index contributed by atoms with van der Waals surface area (Å²) >= 11 is 9.72. The molecule has 13 heavy (non-hydrogen) atoms. The molecule has 0 bridgehead atoms. The summed E-state index contributed by atoms with van der Waals surface area (Å²) in [6, 6.07) is 4.29. The van der Waals surface area contributed by atoms with Crippen LogP contribution in [0.5, 0.6) is 0 Å². The summed E-state index contributed by atoms with van der Waals surface area (Å²) < 4.78 is 1.11. The zero-order chi connectivity index (χ0) is 9.42. The molecule has 1 aromatic carbocycles. The molecule has 1 aromatic rings. The van der Waals surface area contributed by atoms with Gasteiger partial charge in [-0.2, -0.15) is 0 Å². The summed E-state index contributed by atoms with van der Waals surface area (Å²) in [6.07, 6.45) is 4.27. The first-order valence-electron chi connectivity index (χ1n) is 4.33. The number of aryl methyl sites for hydroxylation is 1. The molecule has 0 unspecified atom stereocenters. The second kappa shape index (κ2) is 3.47. The second-order valence-corrected chi connectivity index (χ2v) is 4.67. The Labute approximate surface area is 91.0 Å². The van der Waals surface area contributed by atoms with Crippen LogP contribution in [-0.2, 0) is 0 Å². The van der Waals surface area contributed by atoms with E-state index < -0.39 is 0 Å². The minimum Gasteiger partial charge on any atom is -0.0884 e. The van der Waals surface area contributed by atoms with Crippen molar-refractivity contribution in [3.63, 3.8) is 0 Å². The van der Waals surface area contributed by atoms with E-state index in [-0.39, 0.29) is 0 Å². The normalized spacial score (nSPS) is 15.2. The van der Waals surface area contributed by atoms with Crippen molar-refractivity contribution in [2.24, 2.45) is 0 Å². The molecule has 1 aliphatic carbocycles.